The van der Waals surface area contributed by atoms with Crippen LogP contribution in [0, 0.1) is 0 Å². The Balaban J connectivity index is 2.51. The van der Waals surface area contributed by atoms with Crippen molar-refractivity contribution < 1.29 is 14.3 Å². The van der Waals surface area contributed by atoms with Crippen molar-refractivity contribution >= 4 is 23.5 Å². The molecule has 2 amide bonds. The quantitative estimate of drug-likeness (QED) is 0.778. The van der Waals surface area contributed by atoms with Crippen molar-refractivity contribution in [3.05, 3.63) is 24.9 Å². The molecule has 0 unspecified atom stereocenters. The topological polar surface area (TPSA) is 84.4 Å². The number of carbonyl (C=O) groups is 2. The summed E-state index contributed by atoms with van der Waals surface area (Å²) >= 11 is 0. The number of rotatable bonds is 1. The van der Waals surface area contributed by atoms with Crippen LogP contribution in [0.4, 0.5) is 16.3 Å². The Kier molecular flexibility index (Phi) is 2.97. The fraction of sp³-hybridized carbons (Fsp3) is 0.333. The molecule has 7 heteroatoms. The zero-order valence-electron chi connectivity index (χ0n) is 10.9. The molecule has 0 bridgehead atoms. The Labute approximate surface area is 110 Å². The maximum Gasteiger partial charge on any atom is 0.420 e. The van der Waals surface area contributed by atoms with Crippen LogP contribution in [-0.4, -0.2) is 27.5 Å². The summed E-state index contributed by atoms with van der Waals surface area (Å²) in [6, 6.07) is 0. The van der Waals surface area contributed by atoms with Gasteiger partial charge in [0.1, 0.15) is 17.6 Å². The van der Waals surface area contributed by atoms with E-state index in [9.17, 15) is 9.59 Å². The number of anilines is 2. The maximum atomic E-state index is 12.1. The third kappa shape index (κ3) is 2.14. The lowest BCUT2D eigenvalue weighted by atomic mass is 9.99. The zero-order valence-corrected chi connectivity index (χ0v) is 10.9. The molecule has 0 fully saturated rings. The second-order valence-electron chi connectivity index (χ2n) is 4.68. The smallest absolute Gasteiger partial charge is 0.415 e. The van der Waals surface area contributed by atoms with Crippen molar-refractivity contribution in [3.63, 3.8) is 0 Å². The van der Waals surface area contributed by atoms with E-state index in [4.69, 9.17) is 4.74 Å². The van der Waals surface area contributed by atoms with Crippen LogP contribution in [0.1, 0.15) is 20.8 Å². The largest absolute Gasteiger partial charge is 0.420 e. The summed E-state index contributed by atoms with van der Waals surface area (Å²) in [4.78, 5) is 33.2. The van der Waals surface area contributed by atoms with E-state index in [1.165, 1.54) is 17.4 Å². The van der Waals surface area contributed by atoms with E-state index < -0.39 is 11.6 Å². The fourth-order valence-electron chi connectivity index (χ4n) is 1.77. The number of hydrogen-bond donors (Lipinski definition) is 1. The minimum atomic E-state index is -1.11. The highest BCUT2D eigenvalue weighted by Gasteiger charge is 2.45. The van der Waals surface area contributed by atoms with Gasteiger partial charge < -0.3 is 10.1 Å². The number of nitrogens with one attached hydrogen (secondary N) is 1. The summed E-state index contributed by atoms with van der Waals surface area (Å²) in [5.74, 6) is 0.167. The molecule has 2 rings (SSSR count). The minimum Gasteiger partial charge on any atom is -0.415 e. The molecular weight excluding hydrogens is 248 g/mol. The zero-order chi connectivity index (χ0) is 14.2. The molecule has 0 saturated heterocycles. The van der Waals surface area contributed by atoms with Gasteiger partial charge in [0.25, 0.3) is 5.91 Å². The van der Waals surface area contributed by atoms with Crippen molar-refractivity contribution in [3.8, 4) is 0 Å². The lowest BCUT2D eigenvalue weighted by Gasteiger charge is -2.39. The van der Waals surface area contributed by atoms with Gasteiger partial charge in [-0.25, -0.2) is 14.8 Å². The molecule has 0 atom stereocenters. The molecule has 1 aliphatic heterocycles. The molecule has 100 valence electrons. The number of amides is 2. The summed E-state index contributed by atoms with van der Waals surface area (Å²) in [6.45, 7) is 8.28. The predicted octanol–water partition coefficient (Wildman–Crippen LogP) is 1.68. The Morgan fingerprint density at radius 2 is 2.21 bits per heavy atom. The van der Waals surface area contributed by atoms with E-state index in [1.54, 1.807) is 20.8 Å². The number of ether oxygens (including phenoxy) is 1. The van der Waals surface area contributed by atoms with Crippen molar-refractivity contribution in [1.29, 1.82) is 0 Å². The van der Waals surface area contributed by atoms with Crippen LogP contribution in [0.3, 0.4) is 0 Å². The summed E-state index contributed by atoms with van der Waals surface area (Å²) in [5, 5.41) is 2.63. The van der Waals surface area contributed by atoms with Crippen LogP contribution >= 0.6 is 0 Å². The normalized spacial score (nSPS) is 16.4. The van der Waals surface area contributed by atoms with Gasteiger partial charge in [-0.2, -0.15) is 0 Å². The Bertz CT molecular complexity index is 568. The lowest BCUT2D eigenvalue weighted by molar-refractivity contribution is -0.120. The lowest BCUT2D eigenvalue weighted by Crippen LogP contribution is -2.58. The molecule has 0 radical (unpaired) electrons. The monoisotopic (exact) mass is 262 g/mol. The number of fused-ring (bicyclic) bond motifs is 1. The number of nitrogens with zero attached hydrogens (tertiary/aromatic N) is 3. The van der Waals surface area contributed by atoms with Gasteiger partial charge in [-0.1, -0.05) is 6.58 Å². The summed E-state index contributed by atoms with van der Waals surface area (Å²) in [6.07, 6.45) is 2.05. The summed E-state index contributed by atoms with van der Waals surface area (Å²) < 4.78 is 4.99. The van der Waals surface area contributed by atoms with Crippen molar-refractivity contribution in [2.24, 2.45) is 0 Å². The Morgan fingerprint density at radius 1 is 1.53 bits per heavy atom. The highest BCUT2D eigenvalue weighted by Crippen LogP contribution is 2.35. The third-order valence-electron chi connectivity index (χ3n) is 2.72. The van der Waals surface area contributed by atoms with Gasteiger partial charge in [0.2, 0.25) is 0 Å². The van der Waals surface area contributed by atoms with E-state index in [-0.39, 0.29) is 17.5 Å². The fourth-order valence-corrected chi connectivity index (χ4v) is 1.77. The maximum absolute atomic E-state index is 12.1. The molecule has 0 spiro atoms. The molecule has 0 saturated carbocycles. The van der Waals surface area contributed by atoms with Gasteiger partial charge in [0.05, 0.1) is 12.0 Å². The highest BCUT2D eigenvalue weighted by atomic mass is 16.6. The molecule has 1 N–H and O–H groups in total. The number of carbonyl (C=O) groups excluding carboxylic acids is 2. The number of allylic oxidation sites excluding steroid dienone is 1. The van der Waals surface area contributed by atoms with Gasteiger partial charge >= 0.3 is 6.09 Å². The van der Waals surface area contributed by atoms with E-state index in [0.717, 1.165) is 0 Å². The second-order valence-corrected chi connectivity index (χ2v) is 4.68. The molecule has 1 aliphatic rings. The van der Waals surface area contributed by atoms with Crippen LogP contribution in [0.25, 0.3) is 0 Å². The highest BCUT2D eigenvalue weighted by molar-refractivity contribution is 6.11. The van der Waals surface area contributed by atoms with Crippen LogP contribution in [0.2, 0.25) is 0 Å². The van der Waals surface area contributed by atoms with Crippen LogP contribution in [0.15, 0.2) is 24.9 Å². The molecule has 1 aromatic rings. The van der Waals surface area contributed by atoms with Crippen LogP contribution in [-0.2, 0) is 9.53 Å². The SMILES string of the molecule is C=C(C)OC(=O)N1c2cncnc2NC(=O)C1(C)C. The van der Waals surface area contributed by atoms with Gasteiger partial charge in [-0.15, -0.1) is 0 Å². The molecular formula is C12H14N4O3. The molecule has 2 heterocycles. The first-order valence-corrected chi connectivity index (χ1v) is 5.63. The molecule has 1 aromatic heterocycles. The van der Waals surface area contributed by atoms with E-state index in [1.807, 2.05) is 0 Å². The van der Waals surface area contributed by atoms with Gasteiger partial charge in [0.15, 0.2) is 5.82 Å². The average Bonchev–Trinajstić information content (AvgIpc) is 2.29. The molecule has 0 aromatic carbocycles. The third-order valence-corrected chi connectivity index (χ3v) is 2.72. The van der Waals surface area contributed by atoms with Gasteiger partial charge in [0, 0.05) is 0 Å². The first-order valence-electron chi connectivity index (χ1n) is 5.63. The summed E-state index contributed by atoms with van der Waals surface area (Å²) in [5.41, 5.74) is -0.720. The van der Waals surface area contributed by atoms with E-state index in [0.29, 0.717) is 5.69 Å². The minimum absolute atomic E-state index is 0.241. The van der Waals surface area contributed by atoms with Gasteiger partial charge in [-0.05, 0) is 20.8 Å². The van der Waals surface area contributed by atoms with Crippen LogP contribution < -0.4 is 10.2 Å². The van der Waals surface area contributed by atoms with E-state index >= 15 is 0 Å². The average molecular weight is 262 g/mol. The first-order chi connectivity index (χ1) is 8.84. The molecule has 0 aliphatic carbocycles. The second kappa shape index (κ2) is 4.34. The first kappa shape index (κ1) is 13.0. The number of aromatic nitrogens is 2. The van der Waals surface area contributed by atoms with Crippen LogP contribution in [0.5, 0.6) is 0 Å². The summed E-state index contributed by atoms with van der Waals surface area (Å²) in [7, 11) is 0. The molecule has 7 nitrogen and oxygen atoms in total. The molecule has 19 heavy (non-hydrogen) atoms. The van der Waals surface area contributed by atoms with Crippen molar-refractivity contribution in [2.45, 2.75) is 26.3 Å². The van der Waals surface area contributed by atoms with Crippen molar-refractivity contribution in [2.75, 3.05) is 10.2 Å². The predicted molar refractivity (Wildman–Crippen MR) is 68.5 cm³/mol. The van der Waals surface area contributed by atoms with E-state index in [2.05, 4.69) is 21.9 Å². The standard InChI is InChI=1S/C12H14N4O3/c1-7(2)19-11(18)16-8-5-13-6-14-9(8)15-10(17)12(16,3)4/h5-6H,1H2,2-4H3,(H,13,14,15,17). The van der Waals surface area contributed by atoms with Gasteiger partial charge in [-0.3, -0.25) is 9.69 Å². The Morgan fingerprint density at radius 3 is 2.84 bits per heavy atom. The Hall–Kier alpha value is -2.44. The number of hydrogen-bond acceptors (Lipinski definition) is 5. The van der Waals surface area contributed by atoms with Crippen molar-refractivity contribution in [1.82, 2.24) is 9.97 Å².